The lowest BCUT2D eigenvalue weighted by Crippen LogP contribution is -2.41. The molecule has 0 aliphatic carbocycles. The number of nitrogens with one attached hydrogen (secondary N) is 1. The molecule has 1 saturated heterocycles. The van der Waals surface area contributed by atoms with Crippen molar-refractivity contribution in [2.75, 3.05) is 26.7 Å². The van der Waals surface area contributed by atoms with E-state index in [1.54, 1.807) is 7.11 Å². The number of nitrogens with zero attached hydrogens (tertiary/aromatic N) is 1. The van der Waals surface area contributed by atoms with Crippen LogP contribution in [0.4, 0.5) is 0 Å². The van der Waals surface area contributed by atoms with Gasteiger partial charge in [-0.05, 0) is 59.9 Å². The van der Waals surface area contributed by atoms with Crippen molar-refractivity contribution in [1.82, 2.24) is 10.2 Å². The lowest BCUT2D eigenvalue weighted by molar-refractivity contribution is 0.0742. The van der Waals surface area contributed by atoms with Gasteiger partial charge in [-0.2, -0.15) is 0 Å². The molecule has 1 unspecified atom stereocenters. The van der Waals surface area contributed by atoms with Gasteiger partial charge in [-0.25, -0.2) is 0 Å². The van der Waals surface area contributed by atoms with Gasteiger partial charge in [0, 0.05) is 24.7 Å². The van der Waals surface area contributed by atoms with Gasteiger partial charge in [0.1, 0.15) is 5.75 Å². The van der Waals surface area contributed by atoms with Gasteiger partial charge >= 0.3 is 0 Å². The second-order valence-electron chi connectivity index (χ2n) is 5.39. The van der Waals surface area contributed by atoms with Gasteiger partial charge in [0.2, 0.25) is 0 Å². The molecule has 0 radical (unpaired) electrons. The van der Waals surface area contributed by atoms with E-state index in [9.17, 15) is 4.79 Å². The third kappa shape index (κ3) is 4.20. The zero-order valence-corrected chi connectivity index (χ0v) is 14.3. The highest BCUT2D eigenvalue weighted by Gasteiger charge is 2.22. The summed E-state index contributed by atoms with van der Waals surface area (Å²) in [7, 11) is 1.62. The van der Waals surface area contributed by atoms with E-state index in [1.165, 1.54) is 6.42 Å². The molecule has 1 heterocycles. The summed E-state index contributed by atoms with van der Waals surface area (Å²) >= 11 is 3.44. The van der Waals surface area contributed by atoms with Gasteiger partial charge in [0.25, 0.3) is 5.91 Å². The van der Waals surface area contributed by atoms with Crippen LogP contribution in [0.15, 0.2) is 22.7 Å². The first kappa shape index (κ1) is 16.3. The van der Waals surface area contributed by atoms with Gasteiger partial charge in [0.15, 0.2) is 0 Å². The minimum atomic E-state index is 0.0916. The molecule has 0 bridgehead atoms. The highest BCUT2D eigenvalue weighted by Crippen LogP contribution is 2.26. The Kier molecular flexibility index (Phi) is 6.06. The van der Waals surface area contributed by atoms with E-state index in [4.69, 9.17) is 4.74 Å². The summed E-state index contributed by atoms with van der Waals surface area (Å²) in [5.41, 5.74) is 0.703. The number of carbonyl (C=O) groups excluding carboxylic acids is 1. The van der Waals surface area contributed by atoms with Crippen molar-refractivity contribution in [1.29, 1.82) is 0 Å². The minimum absolute atomic E-state index is 0.0916. The van der Waals surface area contributed by atoms with E-state index in [-0.39, 0.29) is 5.91 Å². The molecule has 0 spiro atoms. The van der Waals surface area contributed by atoms with Crippen LogP contribution in [0.25, 0.3) is 0 Å². The van der Waals surface area contributed by atoms with Crippen molar-refractivity contribution in [3.63, 3.8) is 0 Å². The third-order valence-electron chi connectivity index (χ3n) is 3.78. The van der Waals surface area contributed by atoms with Crippen LogP contribution in [-0.4, -0.2) is 43.6 Å². The Bertz CT molecular complexity index is 487. The SMILES string of the molecule is CCCN(CC1CCCN1)C(=O)c1ccc(OC)c(Br)c1. The molecule has 21 heavy (non-hydrogen) atoms. The summed E-state index contributed by atoms with van der Waals surface area (Å²) in [4.78, 5) is 14.7. The Labute approximate surface area is 135 Å². The normalized spacial score (nSPS) is 17.8. The Morgan fingerprint density at radius 3 is 2.90 bits per heavy atom. The third-order valence-corrected chi connectivity index (χ3v) is 4.40. The molecule has 0 aromatic heterocycles. The van der Waals surface area contributed by atoms with E-state index in [0.29, 0.717) is 11.6 Å². The number of benzene rings is 1. The lowest BCUT2D eigenvalue weighted by Gasteiger charge is -2.25. The molecule has 2 rings (SSSR count). The van der Waals surface area contributed by atoms with Crippen LogP contribution in [-0.2, 0) is 0 Å². The van der Waals surface area contributed by atoms with E-state index in [0.717, 1.165) is 42.7 Å². The fourth-order valence-electron chi connectivity index (χ4n) is 2.71. The standard InChI is InChI=1S/C16H23BrN2O2/c1-3-9-19(11-13-5-4-8-18-13)16(20)12-6-7-15(21-2)14(17)10-12/h6-7,10,13,18H,3-5,8-9,11H2,1-2H3. The fourth-order valence-corrected chi connectivity index (χ4v) is 3.25. The zero-order valence-electron chi connectivity index (χ0n) is 12.7. The first-order valence-corrected chi connectivity index (χ1v) is 8.31. The van der Waals surface area contributed by atoms with Crippen molar-refractivity contribution in [2.45, 2.75) is 32.2 Å². The maximum atomic E-state index is 12.7. The average Bonchev–Trinajstić information content (AvgIpc) is 2.99. The summed E-state index contributed by atoms with van der Waals surface area (Å²) in [6.07, 6.45) is 3.32. The summed E-state index contributed by atoms with van der Waals surface area (Å²) in [6, 6.07) is 5.93. The quantitative estimate of drug-likeness (QED) is 0.853. The molecule has 1 aromatic carbocycles. The molecule has 1 aliphatic rings. The molecule has 1 aromatic rings. The first-order valence-electron chi connectivity index (χ1n) is 7.52. The lowest BCUT2D eigenvalue weighted by atomic mass is 10.1. The molecule has 1 amide bonds. The molecular formula is C16H23BrN2O2. The van der Waals surface area contributed by atoms with Crippen molar-refractivity contribution in [2.24, 2.45) is 0 Å². The van der Waals surface area contributed by atoms with Crippen LogP contribution < -0.4 is 10.1 Å². The maximum Gasteiger partial charge on any atom is 0.253 e. The summed E-state index contributed by atoms with van der Waals surface area (Å²) < 4.78 is 6.02. The number of carbonyl (C=O) groups is 1. The second-order valence-corrected chi connectivity index (χ2v) is 6.25. The van der Waals surface area contributed by atoms with Crippen LogP contribution in [0, 0.1) is 0 Å². The molecule has 0 saturated carbocycles. The van der Waals surface area contributed by atoms with Crippen molar-refractivity contribution in [3.05, 3.63) is 28.2 Å². The fraction of sp³-hybridized carbons (Fsp3) is 0.562. The van der Waals surface area contributed by atoms with E-state index >= 15 is 0 Å². The number of rotatable bonds is 6. The number of ether oxygens (including phenoxy) is 1. The van der Waals surface area contributed by atoms with Gasteiger partial charge in [-0.15, -0.1) is 0 Å². The highest BCUT2D eigenvalue weighted by atomic mass is 79.9. The van der Waals surface area contributed by atoms with Gasteiger partial charge in [-0.1, -0.05) is 6.92 Å². The molecule has 1 aliphatic heterocycles. The van der Waals surface area contributed by atoms with E-state index in [2.05, 4.69) is 28.2 Å². The predicted molar refractivity (Wildman–Crippen MR) is 87.9 cm³/mol. The van der Waals surface area contributed by atoms with Crippen LogP contribution in [0.3, 0.4) is 0 Å². The number of hydrogen-bond donors (Lipinski definition) is 1. The monoisotopic (exact) mass is 354 g/mol. The number of hydrogen-bond acceptors (Lipinski definition) is 3. The highest BCUT2D eigenvalue weighted by molar-refractivity contribution is 9.10. The van der Waals surface area contributed by atoms with Gasteiger partial charge < -0.3 is 15.0 Å². The number of methoxy groups -OCH3 is 1. The molecule has 1 N–H and O–H groups in total. The Morgan fingerprint density at radius 2 is 2.33 bits per heavy atom. The molecule has 116 valence electrons. The van der Waals surface area contributed by atoms with Crippen LogP contribution in [0.5, 0.6) is 5.75 Å². The number of halogens is 1. The van der Waals surface area contributed by atoms with E-state index < -0.39 is 0 Å². The topological polar surface area (TPSA) is 41.6 Å². The Balaban J connectivity index is 2.11. The van der Waals surface area contributed by atoms with E-state index in [1.807, 2.05) is 23.1 Å². The Hall–Kier alpha value is -1.07. The molecule has 4 nitrogen and oxygen atoms in total. The van der Waals surface area contributed by atoms with Crippen molar-refractivity contribution >= 4 is 21.8 Å². The zero-order chi connectivity index (χ0) is 15.2. The van der Waals surface area contributed by atoms with Gasteiger partial charge in [0.05, 0.1) is 11.6 Å². The average molecular weight is 355 g/mol. The van der Waals surface area contributed by atoms with Crippen molar-refractivity contribution in [3.8, 4) is 5.75 Å². The second kappa shape index (κ2) is 7.80. The summed E-state index contributed by atoms with van der Waals surface area (Å²) in [5, 5.41) is 3.46. The van der Waals surface area contributed by atoms with Crippen molar-refractivity contribution < 1.29 is 9.53 Å². The minimum Gasteiger partial charge on any atom is -0.496 e. The van der Waals surface area contributed by atoms with Crippen LogP contribution >= 0.6 is 15.9 Å². The molecular weight excluding hydrogens is 332 g/mol. The summed E-state index contributed by atoms with van der Waals surface area (Å²) in [5.74, 6) is 0.833. The molecule has 1 atom stereocenters. The summed E-state index contributed by atoms with van der Waals surface area (Å²) in [6.45, 7) is 4.75. The molecule has 1 fully saturated rings. The molecule has 5 heteroatoms. The predicted octanol–water partition coefficient (Wildman–Crippen LogP) is 3.06. The van der Waals surface area contributed by atoms with Crippen LogP contribution in [0.2, 0.25) is 0 Å². The van der Waals surface area contributed by atoms with Crippen LogP contribution in [0.1, 0.15) is 36.5 Å². The smallest absolute Gasteiger partial charge is 0.253 e. The largest absolute Gasteiger partial charge is 0.496 e. The van der Waals surface area contributed by atoms with Gasteiger partial charge in [-0.3, -0.25) is 4.79 Å². The maximum absolute atomic E-state index is 12.7. The number of amides is 1. The Morgan fingerprint density at radius 1 is 1.52 bits per heavy atom. The first-order chi connectivity index (χ1) is 10.2.